The molecule has 0 radical (unpaired) electrons. The van der Waals surface area contributed by atoms with Crippen molar-refractivity contribution in [1.82, 2.24) is 0 Å². The van der Waals surface area contributed by atoms with Crippen LogP contribution in [-0.4, -0.2) is 38.8 Å². The topological polar surface area (TPSA) is 18.5 Å². The van der Waals surface area contributed by atoms with Gasteiger partial charge in [0.25, 0.3) is 6.17 Å². The number of alkyl halides is 6. The third-order valence-corrected chi connectivity index (χ3v) is 1.15. The number of ether oxygens (including phenoxy) is 2. The molecule has 0 heterocycles. The molecule has 0 spiro atoms. The van der Waals surface area contributed by atoms with Crippen molar-refractivity contribution in [3.05, 3.63) is 0 Å². The van der Waals surface area contributed by atoms with Gasteiger partial charge in [-0.2, -0.15) is 13.2 Å². The SMILES string of the molecule is COCOCC(F)(F)C(F)C(F)(F)F. The lowest BCUT2D eigenvalue weighted by molar-refractivity contribution is -0.259. The first kappa shape index (κ1) is 13.5. The highest BCUT2D eigenvalue weighted by Gasteiger charge is 2.56. The van der Waals surface area contributed by atoms with E-state index >= 15 is 0 Å². The molecule has 0 aromatic carbocycles. The number of rotatable bonds is 5. The van der Waals surface area contributed by atoms with E-state index in [0.717, 1.165) is 7.11 Å². The summed E-state index contributed by atoms with van der Waals surface area (Å²) >= 11 is 0. The summed E-state index contributed by atoms with van der Waals surface area (Å²) in [5.74, 6) is -4.60. The summed E-state index contributed by atoms with van der Waals surface area (Å²) in [6, 6.07) is 0. The molecule has 14 heavy (non-hydrogen) atoms. The Bertz CT molecular complexity index is 168. The molecule has 0 aliphatic rings. The second-order valence-electron chi connectivity index (χ2n) is 2.42. The maximum atomic E-state index is 12.4. The van der Waals surface area contributed by atoms with Crippen molar-refractivity contribution in [1.29, 1.82) is 0 Å². The first-order valence-electron chi connectivity index (χ1n) is 3.37. The average Bonchev–Trinajstić information content (AvgIpc) is 2.01. The van der Waals surface area contributed by atoms with Gasteiger partial charge in [-0.1, -0.05) is 0 Å². The van der Waals surface area contributed by atoms with E-state index in [9.17, 15) is 26.3 Å². The number of hydrogen-bond acceptors (Lipinski definition) is 2. The highest BCUT2D eigenvalue weighted by atomic mass is 19.4. The first-order valence-corrected chi connectivity index (χ1v) is 3.37. The van der Waals surface area contributed by atoms with Crippen LogP contribution >= 0.6 is 0 Å². The van der Waals surface area contributed by atoms with Crippen molar-refractivity contribution < 1.29 is 35.8 Å². The van der Waals surface area contributed by atoms with Gasteiger partial charge < -0.3 is 9.47 Å². The molecule has 2 nitrogen and oxygen atoms in total. The van der Waals surface area contributed by atoms with E-state index in [1.807, 2.05) is 0 Å². The second-order valence-corrected chi connectivity index (χ2v) is 2.42. The summed E-state index contributed by atoms with van der Waals surface area (Å²) in [7, 11) is 1.09. The standard InChI is InChI=1S/C6H8F6O2/c1-13-3-14-2-5(8,9)4(7)6(10,11)12/h4H,2-3H2,1H3. The summed E-state index contributed by atoms with van der Waals surface area (Å²) in [6.45, 7) is -2.30. The van der Waals surface area contributed by atoms with Gasteiger partial charge in [0, 0.05) is 7.11 Å². The van der Waals surface area contributed by atoms with Crippen LogP contribution in [0.4, 0.5) is 26.3 Å². The van der Waals surface area contributed by atoms with Gasteiger partial charge in [-0.05, 0) is 0 Å². The Kier molecular flexibility index (Phi) is 4.66. The molecular formula is C6H8F6O2. The van der Waals surface area contributed by atoms with Crippen LogP contribution in [-0.2, 0) is 9.47 Å². The number of methoxy groups -OCH3 is 1. The van der Waals surface area contributed by atoms with Gasteiger partial charge in [0.15, 0.2) is 0 Å². The Morgan fingerprint density at radius 3 is 2.00 bits per heavy atom. The average molecular weight is 226 g/mol. The monoisotopic (exact) mass is 226 g/mol. The lowest BCUT2D eigenvalue weighted by Gasteiger charge is -2.22. The molecule has 0 rings (SSSR count). The maximum Gasteiger partial charge on any atom is 0.425 e. The molecule has 0 aliphatic carbocycles. The Labute approximate surface area is 75.8 Å². The van der Waals surface area contributed by atoms with Gasteiger partial charge in [0.1, 0.15) is 13.4 Å². The zero-order valence-electron chi connectivity index (χ0n) is 7.08. The molecule has 86 valence electrons. The van der Waals surface area contributed by atoms with E-state index in [1.165, 1.54) is 0 Å². The lowest BCUT2D eigenvalue weighted by Crippen LogP contribution is -2.44. The van der Waals surface area contributed by atoms with Crippen LogP contribution in [0.15, 0.2) is 0 Å². The minimum absolute atomic E-state index is 0.625. The molecule has 0 saturated carbocycles. The fraction of sp³-hybridized carbons (Fsp3) is 1.00. The minimum atomic E-state index is -5.60. The maximum absolute atomic E-state index is 12.4. The van der Waals surface area contributed by atoms with E-state index in [-0.39, 0.29) is 0 Å². The van der Waals surface area contributed by atoms with Gasteiger partial charge in [-0.25, -0.2) is 13.2 Å². The Morgan fingerprint density at radius 1 is 1.14 bits per heavy atom. The molecule has 1 unspecified atom stereocenters. The summed E-state index contributed by atoms with van der Waals surface area (Å²) in [5, 5.41) is 0. The zero-order chi connectivity index (χ0) is 11.4. The smallest absolute Gasteiger partial charge is 0.359 e. The molecule has 0 aliphatic heterocycles. The number of hydrogen-bond donors (Lipinski definition) is 0. The van der Waals surface area contributed by atoms with E-state index in [1.54, 1.807) is 0 Å². The third kappa shape index (κ3) is 4.14. The Balaban J connectivity index is 4.16. The predicted octanol–water partition coefficient (Wildman–Crippen LogP) is 2.14. The van der Waals surface area contributed by atoms with Crippen LogP contribution in [0.5, 0.6) is 0 Å². The highest BCUT2D eigenvalue weighted by molar-refractivity contribution is 4.82. The van der Waals surface area contributed by atoms with Crippen molar-refractivity contribution in [2.75, 3.05) is 20.5 Å². The molecule has 0 aromatic rings. The molecule has 0 N–H and O–H groups in total. The summed E-state index contributed by atoms with van der Waals surface area (Å²) in [4.78, 5) is 0. The highest BCUT2D eigenvalue weighted by Crippen LogP contribution is 2.34. The van der Waals surface area contributed by atoms with Gasteiger partial charge in [0.2, 0.25) is 0 Å². The first-order chi connectivity index (χ1) is 6.22. The molecule has 1 atom stereocenters. The molecule has 0 fully saturated rings. The summed E-state index contributed by atoms with van der Waals surface area (Å²) in [6.07, 6.45) is -9.83. The van der Waals surface area contributed by atoms with Crippen LogP contribution in [0.1, 0.15) is 0 Å². The fourth-order valence-corrected chi connectivity index (χ4v) is 0.574. The molecule has 0 bridgehead atoms. The third-order valence-electron chi connectivity index (χ3n) is 1.15. The van der Waals surface area contributed by atoms with Crippen LogP contribution in [0.2, 0.25) is 0 Å². The van der Waals surface area contributed by atoms with Gasteiger partial charge >= 0.3 is 12.1 Å². The molecule has 0 saturated heterocycles. The van der Waals surface area contributed by atoms with Gasteiger partial charge in [0.05, 0.1) is 0 Å². The van der Waals surface area contributed by atoms with Crippen molar-refractivity contribution in [2.45, 2.75) is 18.3 Å². The lowest BCUT2D eigenvalue weighted by atomic mass is 10.2. The van der Waals surface area contributed by atoms with Crippen molar-refractivity contribution >= 4 is 0 Å². The van der Waals surface area contributed by atoms with E-state index in [2.05, 4.69) is 9.47 Å². The predicted molar refractivity (Wildman–Crippen MR) is 33.7 cm³/mol. The number of halogens is 6. The summed E-state index contributed by atoms with van der Waals surface area (Å²) in [5.41, 5.74) is 0. The molecule has 0 aromatic heterocycles. The fourth-order valence-electron chi connectivity index (χ4n) is 0.574. The van der Waals surface area contributed by atoms with Crippen molar-refractivity contribution in [2.24, 2.45) is 0 Å². The van der Waals surface area contributed by atoms with Crippen LogP contribution < -0.4 is 0 Å². The van der Waals surface area contributed by atoms with Crippen molar-refractivity contribution in [3.63, 3.8) is 0 Å². The Hall–Kier alpha value is -0.500. The van der Waals surface area contributed by atoms with Crippen LogP contribution in [0.3, 0.4) is 0 Å². The summed E-state index contributed by atoms with van der Waals surface area (Å²) < 4.78 is 79.5. The van der Waals surface area contributed by atoms with Gasteiger partial charge in [-0.15, -0.1) is 0 Å². The molecule has 8 heteroatoms. The van der Waals surface area contributed by atoms with E-state index < -0.39 is 31.7 Å². The van der Waals surface area contributed by atoms with E-state index in [4.69, 9.17) is 0 Å². The second kappa shape index (κ2) is 4.83. The normalized spacial score (nSPS) is 15.6. The molecular weight excluding hydrogens is 218 g/mol. The van der Waals surface area contributed by atoms with Crippen LogP contribution in [0, 0.1) is 0 Å². The van der Waals surface area contributed by atoms with E-state index in [0.29, 0.717) is 0 Å². The quantitative estimate of drug-likeness (QED) is 0.406. The van der Waals surface area contributed by atoms with Gasteiger partial charge in [-0.3, -0.25) is 0 Å². The van der Waals surface area contributed by atoms with Crippen molar-refractivity contribution in [3.8, 4) is 0 Å². The zero-order valence-corrected chi connectivity index (χ0v) is 7.08. The Morgan fingerprint density at radius 2 is 1.64 bits per heavy atom. The minimum Gasteiger partial charge on any atom is -0.359 e. The largest absolute Gasteiger partial charge is 0.425 e. The van der Waals surface area contributed by atoms with Crippen LogP contribution in [0.25, 0.3) is 0 Å². The molecule has 0 amide bonds.